The standard InChI is InChI=1S/C28H27ClN2O4/c1-31-21-11-5-13-23(32)27(21)26(28-22(31)12-6-14-24(28)33)17-7-4-8-18(15-17)35-16-25(34)30-20-10-3-2-9-19(20)29/h2-4,7-10,15,26H,5-6,11-14,16H2,1H3,(H,30,34). The molecule has 0 fully saturated rings. The first-order valence-corrected chi connectivity index (χ1v) is 12.3. The van der Waals surface area contributed by atoms with Crippen molar-refractivity contribution < 1.29 is 19.1 Å². The molecule has 0 unspecified atom stereocenters. The van der Waals surface area contributed by atoms with Crippen molar-refractivity contribution >= 4 is 34.8 Å². The van der Waals surface area contributed by atoms with Crippen LogP contribution in [0.15, 0.2) is 71.1 Å². The molecule has 2 aromatic carbocycles. The Morgan fingerprint density at radius 3 is 2.29 bits per heavy atom. The minimum absolute atomic E-state index is 0.110. The number of ether oxygens (including phenoxy) is 1. The predicted octanol–water partition coefficient (Wildman–Crippen LogP) is 5.40. The zero-order valence-corrected chi connectivity index (χ0v) is 20.4. The van der Waals surface area contributed by atoms with Crippen LogP contribution in [0.3, 0.4) is 0 Å². The second kappa shape index (κ2) is 9.70. The normalized spacial score (nSPS) is 18.4. The third-order valence-corrected chi connectivity index (χ3v) is 7.28. The number of rotatable bonds is 5. The Morgan fingerprint density at radius 2 is 1.63 bits per heavy atom. The summed E-state index contributed by atoms with van der Waals surface area (Å²) in [7, 11) is 1.98. The van der Waals surface area contributed by atoms with Crippen LogP contribution < -0.4 is 10.1 Å². The van der Waals surface area contributed by atoms with Crippen LogP contribution in [0.25, 0.3) is 0 Å². The molecule has 35 heavy (non-hydrogen) atoms. The second-order valence-electron chi connectivity index (χ2n) is 9.16. The number of allylic oxidation sites excluding steroid dienone is 4. The van der Waals surface area contributed by atoms with Crippen molar-refractivity contribution in [2.75, 3.05) is 19.0 Å². The highest BCUT2D eigenvalue weighted by Gasteiger charge is 2.42. The van der Waals surface area contributed by atoms with Gasteiger partial charge in [0.1, 0.15) is 5.75 Å². The lowest BCUT2D eigenvalue weighted by atomic mass is 9.71. The fourth-order valence-electron chi connectivity index (χ4n) is 5.37. The van der Waals surface area contributed by atoms with E-state index in [1.165, 1.54) is 0 Å². The van der Waals surface area contributed by atoms with Gasteiger partial charge in [0.25, 0.3) is 5.91 Å². The Balaban J connectivity index is 1.43. The van der Waals surface area contributed by atoms with Gasteiger partial charge >= 0.3 is 0 Å². The molecule has 5 rings (SSSR count). The van der Waals surface area contributed by atoms with Gasteiger partial charge < -0.3 is 15.0 Å². The number of anilines is 1. The Bertz CT molecular complexity index is 1240. The van der Waals surface area contributed by atoms with E-state index in [1.54, 1.807) is 30.3 Å². The Hall–Kier alpha value is -3.38. The van der Waals surface area contributed by atoms with E-state index in [4.69, 9.17) is 16.3 Å². The van der Waals surface area contributed by atoms with Crippen LogP contribution in [-0.2, 0) is 14.4 Å². The molecule has 0 atom stereocenters. The van der Waals surface area contributed by atoms with Gasteiger partial charge in [-0.15, -0.1) is 0 Å². The van der Waals surface area contributed by atoms with Crippen LogP contribution in [0.4, 0.5) is 5.69 Å². The third kappa shape index (κ3) is 4.50. The number of amides is 1. The Kier molecular flexibility index (Phi) is 6.48. The number of halogens is 1. The van der Waals surface area contributed by atoms with Crippen LogP contribution in [0.5, 0.6) is 5.75 Å². The summed E-state index contributed by atoms with van der Waals surface area (Å²) in [5.74, 6) is 0.00322. The maximum atomic E-state index is 13.1. The third-order valence-electron chi connectivity index (χ3n) is 6.95. The van der Waals surface area contributed by atoms with Crippen molar-refractivity contribution in [3.8, 4) is 5.75 Å². The van der Waals surface area contributed by atoms with Gasteiger partial charge in [-0.3, -0.25) is 14.4 Å². The molecule has 3 aliphatic rings. The highest BCUT2D eigenvalue weighted by atomic mass is 35.5. The summed E-state index contributed by atoms with van der Waals surface area (Å²) in [6, 6.07) is 14.4. The monoisotopic (exact) mass is 490 g/mol. The number of benzene rings is 2. The molecule has 2 aromatic rings. The molecule has 7 heteroatoms. The van der Waals surface area contributed by atoms with Gasteiger partial charge in [-0.2, -0.15) is 0 Å². The first-order valence-electron chi connectivity index (χ1n) is 12.0. The lowest BCUT2D eigenvalue weighted by molar-refractivity contribution is -0.118. The summed E-state index contributed by atoms with van der Waals surface area (Å²) < 4.78 is 5.79. The van der Waals surface area contributed by atoms with E-state index < -0.39 is 5.92 Å². The number of Topliss-reactive ketones (excluding diaryl/α,β-unsaturated/α-hetero) is 2. The van der Waals surface area contributed by atoms with Crippen molar-refractivity contribution in [2.45, 2.75) is 44.4 Å². The van der Waals surface area contributed by atoms with Crippen LogP contribution in [-0.4, -0.2) is 36.0 Å². The van der Waals surface area contributed by atoms with Crippen molar-refractivity contribution in [1.82, 2.24) is 4.90 Å². The van der Waals surface area contributed by atoms with E-state index >= 15 is 0 Å². The van der Waals surface area contributed by atoms with Crippen LogP contribution in [0.2, 0.25) is 5.02 Å². The Morgan fingerprint density at radius 1 is 0.971 bits per heavy atom. The summed E-state index contributed by atoms with van der Waals surface area (Å²) in [5.41, 5.74) is 4.90. The molecule has 0 bridgehead atoms. The van der Waals surface area contributed by atoms with E-state index in [1.807, 2.05) is 25.2 Å². The zero-order chi connectivity index (χ0) is 24.5. The number of nitrogens with one attached hydrogen (secondary N) is 1. The van der Waals surface area contributed by atoms with Crippen LogP contribution >= 0.6 is 11.6 Å². The molecule has 1 N–H and O–H groups in total. The highest BCUT2D eigenvalue weighted by Crippen LogP contribution is 2.48. The van der Waals surface area contributed by atoms with Gasteiger partial charge in [-0.25, -0.2) is 0 Å². The molecule has 0 radical (unpaired) electrons. The minimum Gasteiger partial charge on any atom is -0.484 e. The first-order chi connectivity index (χ1) is 16.9. The van der Waals surface area contributed by atoms with E-state index in [9.17, 15) is 14.4 Å². The van der Waals surface area contributed by atoms with E-state index in [2.05, 4.69) is 10.2 Å². The van der Waals surface area contributed by atoms with Crippen LogP contribution in [0.1, 0.15) is 50.0 Å². The lowest BCUT2D eigenvalue weighted by Gasteiger charge is -2.42. The number of nitrogens with zero attached hydrogens (tertiary/aromatic N) is 1. The van der Waals surface area contributed by atoms with Gasteiger partial charge in [0.2, 0.25) is 0 Å². The molecule has 0 spiro atoms. The number of ketones is 2. The van der Waals surface area contributed by atoms with E-state index in [-0.39, 0.29) is 24.1 Å². The molecular formula is C28H27ClN2O4. The van der Waals surface area contributed by atoms with E-state index in [0.717, 1.165) is 53.8 Å². The summed E-state index contributed by atoms with van der Waals surface area (Å²) in [6.07, 6.45) is 4.32. The largest absolute Gasteiger partial charge is 0.484 e. The Labute approximate surface area is 209 Å². The maximum Gasteiger partial charge on any atom is 0.262 e. The number of carbonyl (C=O) groups is 3. The fraction of sp³-hybridized carbons (Fsp3) is 0.321. The SMILES string of the molecule is CN1C2=C(C(=O)CCC2)C(c2cccc(OCC(=O)Nc3ccccc3Cl)c2)C2=C1CCCC2=O. The van der Waals surface area contributed by atoms with Gasteiger partial charge in [0.15, 0.2) is 18.2 Å². The highest BCUT2D eigenvalue weighted by molar-refractivity contribution is 6.33. The predicted molar refractivity (Wildman–Crippen MR) is 134 cm³/mol. The first kappa shape index (κ1) is 23.4. The van der Waals surface area contributed by atoms with Gasteiger partial charge in [-0.05, 0) is 55.5 Å². The second-order valence-corrected chi connectivity index (χ2v) is 9.56. The molecule has 6 nitrogen and oxygen atoms in total. The molecule has 0 saturated carbocycles. The fourth-order valence-corrected chi connectivity index (χ4v) is 5.55. The van der Waals surface area contributed by atoms with Crippen molar-refractivity contribution in [1.29, 1.82) is 0 Å². The molecule has 180 valence electrons. The topological polar surface area (TPSA) is 75.7 Å². The molecular weight excluding hydrogens is 464 g/mol. The quantitative estimate of drug-likeness (QED) is 0.607. The average molecular weight is 491 g/mol. The van der Waals surface area contributed by atoms with Gasteiger partial charge in [0.05, 0.1) is 10.7 Å². The molecule has 2 aliphatic carbocycles. The summed E-state index contributed by atoms with van der Waals surface area (Å²) in [6.45, 7) is -0.193. The molecule has 0 saturated heterocycles. The van der Waals surface area contributed by atoms with Gasteiger partial charge in [-0.1, -0.05) is 35.9 Å². The summed E-state index contributed by atoms with van der Waals surface area (Å²) in [5, 5.41) is 3.20. The smallest absolute Gasteiger partial charge is 0.262 e. The van der Waals surface area contributed by atoms with Crippen molar-refractivity contribution in [3.05, 3.63) is 81.7 Å². The van der Waals surface area contributed by atoms with Crippen molar-refractivity contribution in [2.24, 2.45) is 0 Å². The number of hydrogen-bond donors (Lipinski definition) is 1. The average Bonchev–Trinajstić information content (AvgIpc) is 2.86. The summed E-state index contributed by atoms with van der Waals surface area (Å²) >= 11 is 6.12. The number of carbonyl (C=O) groups excluding carboxylic acids is 3. The molecule has 1 aliphatic heterocycles. The van der Waals surface area contributed by atoms with E-state index in [0.29, 0.717) is 29.3 Å². The number of hydrogen-bond acceptors (Lipinski definition) is 5. The maximum absolute atomic E-state index is 13.1. The number of para-hydroxylation sites is 1. The molecule has 1 amide bonds. The lowest BCUT2D eigenvalue weighted by Crippen LogP contribution is -2.37. The minimum atomic E-state index is -0.391. The summed E-state index contributed by atoms with van der Waals surface area (Å²) in [4.78, 5) is 40.8. The molecule has 1 heterocycles. The van der Waals surface area contributed by atoms with Crippen LogP contribution in [0, 0.1) is 0 Å². The zero-order valence-electron chi connectivity index (χ0n) is 19.6. The van der Waals surface area contributed by atoms with Gasteiger partial charge in [0, 0.05) is 48.3 Å². The van der Waals surface area contributed by atoms with Crippen molar-refractivity contribution in [3.63, 3.8) is 0 Å². The molecule has 0 aromatic heterocycles.